The first-order chi connectivity index (χ1) is 8.11. The summed E-state index contributed by atoms with van der Waals surface area (Å²) in [5.74, 6) is -0.122. The maximum Gasteiger partial charge on any atom is 0.257 e. The molecule has 4 nitrogen and oxygen atoms in total. The van der Waals surface area contributed by atoms with Crippen LogP contribution in [0.25, 0.3) is 0 Å². The zero-order valence-electron chi connectivity index (χ0n) is 9.12. The fourth-order valence-corrected chi connectivity index (χ4v) is 2.58. The van der Waals surface area contributed by atoms with Crippen LogP contribution in [0.1, 0.15) is 6.92 Å². The molecule has 0 unspecified atom stereocenters. The van der Waals surface area contributed by atoms with Gasteiger partial charge in [0.1, 0.15) is 0 Å². The quantitative estimate of drug-likeness (QED) is 0.766. The summed E-state index contributed by atoms with van der Waals surface area (Å²) in [6, 6.07) is 8.99. The molecule has 0 aliphatic carbocycles. The monoisotopic (exact) mass is 266 g/mol. The zero-order chi connectivity index (χ0) is 12.4. The number of anilines is 1. The van der Waals surface area contributed by atoms with Crippen LogP contribution in [0.4, 0.5) is 5.69 Å². The summed E-state index contributed by atoms with van der Waals surface area (Å²) in [6.07, 6.45) is 0. The van der Waals surface area contributed by atoms with Crippen LogP contribution in [0.3, 0.4) is 0 Å². The first-order valence-electron chi connectivity index (χ1n) is 4.96. The third-order valence-corrected chi connectivity index (χ3v) is 3.56. The highest BCUT2D eigenvalue weighted by atomic mass is 32.2. The maximum absolute atomic E-state index is 11.7. The van der Waals surface area contributed by atoms with Crippen molar-refractivity contribution in [1.29, 1.82) is 0 Å². The standard InChI is InChI=1S/C11H10N2O2S2/c1-8(14)12(9-5-3-2-4-6-9)13-10(15)7-17-11(13)16/h2-6H,7H2,1H3. The predicted octanol–water partition coefficient (Wildman–Crippen LogP) is 1.81. The molecule has 0 N–H and O–H groups in total. The van der Waals surface area contributed by atoms with Gasteiger partial charge in [0, 0.05) is 6.92 Å². The first-order valence-corrected chi connectivity index (χ1v) is 6.36. The van der Waals surface area contributed by atoms with Gasteiger partial charge in [-0.25, -0.2) is 5.01 Å². The molecule has 0 aromatic heterocycles. The second-order valence-electron chi connectivity index (χ2n) is 3.43. The Hall–Kier alpha value is -1.40. The Labute approximate surface area is 109 Å². The normalized spacial score (nSPS) is 15.2. The Kier molecular flexibility index (Phi) is 3.44. The van der Waals surface area contributed by atoms with Gasteiger partial charge in [0.2, 0.25) is 5.91 Å². The van der Waals surface area contributed by atoms with Crippen LogP contribution in [-0.2, 0) is 9.59 Å². The number of rotatable bonds is 2. The highest BCUT2D eigenvalue weighted by Crippen LogP contribution is 2.25. The minimum absolute atomic E-state index is 0.168. The Morgan fingerprint density at radius 3 is 2.53 bits per heavy atom. The molecule has 6 heteroatoms. The Balaban J connectivity index is 2.40. The number of nitrogens with zero attached hydrogens (tertiary/aromatic N) is 2. The molecule has 0 radical (unpaired) electrons. The van der Waals surface area contributed by atoms with Gasteiger partial charge < -0.3 is 0 Å². The predicted molar refractivity (Wildman–Crippen MR) is 71.5 cm³/mol. The average molecular weight is 266 g/mol. The van der Waals surface area contributed by atoms with Gasteiger partial charge in [-0.05, 0) is 12.1 Å². The van der Waals surface area contributed by atoms with Crippen LogP contribution in [0, 0.1) is 0 Å². The van der Waals surface area contributed by atoms with E-state index in [0.29, 0.717) is 10.0 Å². The summed E-state index contributed by atoms with van der Waals surface area (Å²) in [6.45, 7) is 1.41. The molecule has 17 heavy (non-hydrogen) atoms. The molecule has 1 aromatic carbocycles. The van der Waals surface area contributed by atoms with Crippen molar-refractivity contribution in [3.63, 3.8) is 0 Å². The summed E-state index contributed by atoms with van der Waals surface area (Å²) in [5, 5.41) is 2.57. The Morgan fingerprint density at radius 2 is 2.06 bits per heavy atom. The molecular formula is C11H10N2O2S2. The molecule has 88 valence electrons. The van der Waals surface area contributed by atoms with Crippen molar-refractivity contribution in [3.05, 3.63) is 30.3 Å². The first kappa shape index (κ1) is 12.1. The van der Waals surface area contributed by atoms with E-state index in [1.165, 1.54) is 28.7 Å². The van der Waals surface area contributed by atoms with Gasteiger partial charge in [-0.2, -0.15) is 5.01 Å². The molecule has 1 aromatic rings. The van der Waals surface area contributed by atoms with Crippen LogP contribution < -0.4 is 5.01 Å². The van der Waals surface area contributed by atoms with Crippen LogP contribution in [0.5, 0.6) is 0 Å². The van der Waals surface area contributed by atoms with E-state index in [1.807, 2.05) is 18.2 Å². The third-order valence-electron chi connectivity index (χ3n) is 2.23. The number of carbonyl (C=O) groups is 2. The van der Waals surface area contributed by atoms with Crippen molar-refractivity contribution in [2.45, 2.75) is 6.92 Å². The van der Waals surface area contributed by atoms with E-state index in [-0.39, 0.29) is 17.6 Å². The highest BCUT2D eigenvalue weighted by Gasteiger charge is 2.34. The molecule has 1 fully saturated rings. The summed E-state index contributed by atoms with van der Waals surface area (Å²) in [4.78, 5) is 23.4. The molecule has 2 amide bonds. The van der Waals surface area contributed by atoms with Gasteiger partial charge in [-0.15, -0.1) is 0 Å². The van der Waals surface area contributed by atoms with E-state index in [1.54, 1.807) is 12.1 Å². The molecule has 0 bridgehead atoms. The SMILES string of the molecule is CC(=O)N(c1ccccc1)N1C(=O)CSC1=S. The second-order valence-corrected chi connectivity index (χ2v) is 5.04. The smallest absolute Gasteiger partial charge is 0.257 e. The van der Waals surface area contributed by atoms with E-state index in [0.717, 1.165) is 0 Å². The van der Waals surface area contributed by atoms with Crippen molar-refractivity contribution < 1.29 is 9.59 Å². The number of hydrogen-bond acceptors (Lipinski definition) is 4. The number of thiocarbonyl (C=S) groups is 1. The van der Waals surface area contributed by atoms with Gasteiger partial charge in [0.05, 0.1) is 11.4 Å². The number of thioether (sulfide) groups is 1. The molecule has 1 aliphatic rings. The van der Waals surface area contributed by atoms with E-state index in [4.69, 9.17) is 12.2 Å². The number of para-hydroxylation sites is 1. The van der Waals surface area contributed by atoms with E-state index < -0.39 is 0 Å². The van der Waals surface area contributed by atoms with Crippen molar-refractivity contribution >= 4 is 45.8 Å². The van der Waals surface area contributed by atoms with Crippen LogP contribution in [0.15, 0.2) is 30.3 Å². The fourth-order valence-electron chi connectivity index (χ4n) is 1.55. The van der Waals surface area contributed by atoms with Crippen LogP contribution in [0.2, 0.25) is 0 Å². The molecule has 1 heterocycles. The lowest BCUT2D eigenvalue weighted by Crippen LogP contribution is -2.48. The minimum atomic E-state index is -0.241. The second kappa shape index (κ2) is 4.85. The van der Waals surface area contributed by atoms with Crippen molar-refractivity contribution in [3.8, 4) is 0 Å². The summed E-state index contributed by atoms with van der Waals surface area (Å²) in [5.41, 5.74) is 0.637. The van der Waals surface area contributed by atoms with Gasteiger partial charge in [0.25, 0.3) is 5.91 Å². The lowest BCUT2D eigenvalue weighted by atomic mass is 10.3. The van der Waals surface area contributed by atoms with Gasteiger partial charge in [-0.3, -0.25) is 9.59 Å². The minimum Gasteiger partial charge on any atom is -0.273 e. The van der Waals surface area contributed by atoms with E-state index >= 15 is 0 Å². The lowest BCUT2D eigenvalue weighted by molar-refractivity contribution is -0.129. The number of hydrazine groups is 1. The molecular weight excluding hydrogens is 256 g/mol. The van der Waals surface area contributed by atoms with Crippen molar-refractivity contribution in [2.24, 2.45) is 0 Å². The summed E-state index contributed by atoms with van der Waals surface area (Å²) >= 11 is 6.35. The Bertz CT molecular complexity index is 460. The van der Waals surface area contributed by atoms with Gasteiger partial charge in [-0.1, -0.05) is 42.2 Å². The van der Waals surface area contributed by atoms with Crippen LogP contribution >= 0.6 is 24.0 Å². The fraction of sp³-hybridized carbons (Fsp3) is 0.182. The number of carbonyl (C=O) groups excluding carboxylic acids is 2. The summed E-state index contributed by atoms with van der Waals surface area (Å²) in [7, 11) is 0. The maximum atomic E-state index is 11.7. The molecule has 0 spiro atoms. The zero-order valence-corrected chi connectivity index (χ0v) is 10.8. The number of amides is 2. The lowest BCUT2D eigenvalue weighted by Gasteiger charge is -2.29. The van der Waals surface area contributed by atoms with Gasteiger partial charge in [0.15, 0.2) is 4.32 Å². The molecule has 1 saturated heterocycles. The van der Waals surface area contributed by atoms with Crippen molar-refractivity contribution in [2.75, 3.05) is 10.8 Å². The molecule has 1 aliphatic heterocycles. The number of benzene rings is 1. The highest BCUT2D eigenvalue weighted by molar-refractivity contribution is 8.24. The van der Waals surface area contributed by atoms with Crippen LogP contribution in [-0.4, -0.2) is 26.9 Å². The molecule has 0 atom stereocenters. The third kappa shape index (κ3) is 2.32. The van der Waals surface area contributed by atoms with E-state index in [2.05, 4.69) is 0 Å². The van der Waals surface area contributed by atoms with Crippen molar-refractivity contribution in [1.82, 2.24) is 5.01 Å². The molecule has 0 saturated carbocycles. The summed E-state index contributed by atoms with van der Waals surface area (Å²) < 4.78 is 0.411. The van der Waals surface area contributed by atoms with Gasteiger partial charge >= 0.3 is 0 Å². The molecule has 2 rings (SSSR count). The van der Waals surface area contributed by atoms with E-state index in [9.17, 15) is 9.59 Å². The largest absolute Gasteiger partial charge is 0.273 e. The average Bonchev–Trinajstić information content (AvgIpc) is 2.62. The number of hydrogen-bond donors (Lipinski definition) is 0. The topological polar surface area (TPSA) is 40.6 Å². The Morgan fingerprint density at radius 1 is 1.41 bits per heavy atom.